The molecule has 0 spiro atoms. The summed E-state index contributed by atoms with van der Waals surface area (Å²) in [5, 5.41) is 9.23. The second-order valence-electron chi connectivity index (χ2n) is 5.98. The first-order valence-corrected chi connectivity index (χ1v) is 9.26. The van der Waals surface area contributed by atoms with E-state index in [2.05, 4.69) is 0 Å². The fourth-order valence-electron chi connectivity index (χ4n) is 2.43. The summed E-state index contributed by atoms with van der Waals surface area (Å²) in [6.45, 7) is 3.20. The van der Waals surface area contributed by atoms with E-state index >= 15 is 0 Å². The molecule has 140 valence electrons. The van der Waals surface area contributed by atoms with Crippen LogP contribution in [-0.2, 0) is 24.5 Å². The number of carboxylic acids is 1. The van der Waals surface area contributed by atoms with Crippen LogP contribution in [0.1, 0.15) is 46.0 Å². The van der Waals surface area contributed by atoms with E-state index in [0.717, 1.165) is 0 Å². The van der Waals surface area contributed by atoms with Crippen molar-refractivity contribution in [2.75, 3.05) is 5.75 Å². The van der Waals surface area contributed by atoms with Gasteiger partial charge in [0.2, 0.25) is 5.91 Å². The van der Waals surface area contributed by atoms with Gasteiger partial charge in [0.15, 0.2) is 5.78 Å². The lowest BCUT2D eigenvalue weighted by Gasteiger charge is -2.26. The summed E-state index contributed by atoms with van der Waals surface area (Å²) in [4.78, 5) is 34.7. The Morgan fingerprint density at radius 3 is 2.04 bits per heavy atom. The van der Waals surface area contributed by atoms with Crippen LogP contribution in [0.15, 0.2) is 0 Å². The molecule has 0 radical (unpaired) electrons. The molecule has 0 aliphatic heterocycles. The fourth-order valence-corrected chi connectivity index (χ4v) is 3.45. The van der Waals surface area contributed by atoms with Crippen LogP contribution in [0, 0.1) is 11.8 Å². The highest BCUT2D eigenvalue weighted by Crippen LogP contribution is 2.23. The Kier molecular flexibility index (Phi) is 8.52. The molecule has 3 atom stereocenters. The van der Waals surface area contributed by atoms with Gasteiger partial charge in [-0.2, -0.15) is 8.42 Å². The van der Waals surface area contributed by atoms with Gasteiger partial charge in [-0.1, -0.05) is 13.8 Å². The molecule has 0 bridgehead atoms. The number of rotatable bonds is 12. The maximum atomic E-state index is 12.2. The minimum absolute atomic E-state index is 0.00353. The molecular formula is C14H26N2O7S. The molecule has 0 saturated heterocycles. The average Bonchev–Trinajstić information content (AvgIpc) is 2.44. The minimum Gasteiger partial charge on any atom is -0.481 e. The molecule has 9 nitrogen and oxygen atoms in total. The van der Waals surface area contributed by atoms with Crippen LogP contribution in [0.4, 0.5) is 0 Å². The molecule has 0 aliphatic rings. The van der Waals surface area contributed by atoms with Gasteiger partial charge in [-0.25, -0.2) is 0 Å². The van der Waals surface area contributed by atoms with Gasteiger partial charge in [-0.15, -0.1) is 0 Å². The van der Waals surface area contributed by atoms with E-state index in [0.29, 0.717) is 6.42 Å². The number of carbonyl (C=O) groups is 3. The Hall–Kier alpha value is -1.52. The third-order valence-electron chi connectivity index (χ3n) is 4.16. The first kappa shape index (κ1) is 22.5. The molecule has 0 aromatic carbocycles. The summed E-state index contributed by atoms with van der Waals surface area (Å²) < 4.78 is 30.9. The molecule has 0 heterocycles. The van der Waals surface area contributed by atoms with Crippen LogP contribution in [0.2, 0.25) is 0 Å². The van der Waals surface area contributed by atoms with Crippen molar-refractivity contribution < 1.29 is 32.5 Å². The molecule has 24 heavy (non-hydrogen) atoms. The Morgan fingerprint density at radius 1 is 1.17 bits per heavy atom. The maximum absolute atomic E-state index is 12.2. The van der Waals surface area contributed by atoms with Crippen molar-refractivity contribution in [3.63, 3.8) is 0 Å². The molecule has 3 unspecified atom stereocenters. The molecule has 0 saturated carbocycles. The van der Waals surface area contributed by atoms with E-state index in [1.165, 1.54) is 6.92 Å². The lowest BCUT2D eigenvalue weighted by molar-refractivity contribution is -0.143. The van der Waals surface area contributed by atoms with Gasteiger partial charge < -0.3 is 16.6 Å². The molecule has 0 aromatic heterocycles. The predicted molar refractivity (Wildman–Crippen MR) is 86.6 cm³/mol. The Balaban J connectivity index is 4.99. The lowest BCUT2D eigenvalue weighted by Crippen LogP contribution is -2.52. The van der Waals surface area contributed by atoms with Gasteiger partial charge in [0.05, 0.1) is 11.5 Å². The summed E-state index contributed by atoms with van der Waals surface area (Å²) in [5.41, 5.74) is 9.18. The first-order valence-electron chi connectivity index (χ1n) is 7.65. The predicted octanol–water partition coefficient (Wildman–Crippen LogP) is -0.0666. The molecule has 1 amide bonds. The van der Waals surface area contributed by atoms with E-state index in [9.17, 15) is 27.9 Å². The zero-order chi connectivity index (χ0) is 19.1. The third kappa shape index (κ3) is 7.37. The van der Waals surface area contributed by atoms with Gasteiger partial charge in [0, 0.05) is 12.3 Å². The van der Waals surface area contributed by atoms with Crippen molar-refractivity contribution in [1.29, 1.82) is 0 Å². The number of ketones is 1. The molecule has 0 rings (SSSR count). The van der Waals surface area contributed by atoms with Crippen molar-refractivity contribution in [2.24, 2.45) is 23.3 Å². The van der Waals surface area contributed by atoms with E-state index < -0.39 is 50.9 Å². The topological polar surface area (TPSA) is 178 Å². The van der Waals surface area contributed by atoms with E-state index in [-0.39, 0.29) is 25.7 Å². The summed E-state index contributed by atoms with van der Waals surface area (Å²) in [5.74, 6) is -4.95. The Morgan fingerprint density at radius 2 is 1.71 bits per heavy atom. The average molecular weight is 366 g/mol. The largest absolute Gasteiger partial charge is 0.481 e. The first-order chi connectivity index (χ1) is 10.9. The lowest BCUT2D eigenvalue weighted by atomic mass is 9.85. The third-order valence-corrected chi connectivity index (χ3v) is 5.04. The molecule has 0 fully saturated rings. The van der Waals surface area contributed by atoms with Crippen molar-refractivity contribution in [1.82, 2.24) is 0 Å². The molecule has 0 aliphatic carbocycles. The summed E-state index contributed by atoms with van der Waals surface area (Å²) in [6.07, 6.45) is -0.0152. The zero-order valence-electron chi connectivity index (χ0n) is 13.9. The molecular weight excluding hydrogens is 340 g/mol. The Bertz CT molecular complexity index is 576. The van der Waals surface area contributed by atoms with Crippen molar-refractivity contribution in [3.8, 4) is 0 Å². The highest BCUT2D eigenvalue weighted by Gasteiger charge is 2.37. The summed E-state index contributed by atoms with van der Waals surface area (Å²) >= 11 is 0. The summed E-state index contributed by atoms with van der Waals surface area (Å²) in [7, 11) is -4.45. The van der Waals surface area contributed by atoms with Gasteiger partial charge >= 0.3 is 5.97 Å². The Labute approximate surface area is 141 Å². The van der Waals surface area contributed by atoms with Crippen LogP contribution in [0.3, 0.4) is 0 Å². The van der Waals surface area contributed by atoms with E-state index in [1.54, 1.807) is 6.92 Å². The molecule has 6 N–H and O–H groups in total. The summed E-state index contributed by atoms with van der Waals surface area (Å²) in [6, 6.07) is 0. The highest BCUT2D eigenvalue weighted by molar-refractivity contribution is 7.85. The number of aliphatic carboxylic acids is 1. The maximum Gasteiger partial charge on any atom is 0.306 e. The molecule has 0 aromatic rings. The number of primary amides is 1. The molecule has 10 heteroatoms. The van der Waals surface area contributed by atoms with Crippen molar-refractivity contribution in [3.05, 3.63) is 0 Å². The van der Waals surface area contributed by atoms with Crippen LogP contribution < -0.4 is 11.5 Å². The SMILES string of the molecule is CCC(CC(CCC(=O)C(N)(CC)CS(=O)(=O)O)C(=O)O)C(N)=O. The van der Waals surface area contributed by atoms with Crippen LogP contribution in [-0.4, -0.2) is 47.0 Å². The number of carbonyl (C=O) groups excluding carboxylic acids is 2. The van der Waals surface area contributed by atoms with E-state index in [1.807, 2.05) is 0 Å². The van der Waals surface area contributed by atoms with Crippen LogP contribution in [0.5, 0.6) is 0 Å². The number of hydrogen-bond donors (Lipinski definition) is 4. The van der Waals surface area contributed by atoms with Crippen LogP contribution >= 0.6 is 0 Å². The van der Waals surface area contributed by atoms with E-state index in [4.69, 9.17) is 16.0 Å². The number of nitrogens with two attached hydrogens (primary N) is 2. The quantitative estimate of drug-likeness (QED) is 0.347. The van der Waals surface area contributed by atoms with Gasteiger partial charge in [0.1, 0.15) is 5.75 Å². The minimum atomic E-state index is -4.45. The van der Waals surface area contributed by atoms with Crippen molar-refractivity contribution in [2.45, 2.75) is 51.5 Å². The smallest absolute Gasteiger partial charge is 0.306 e. The van der Waals surface area contributed by atoms with Crippen LogP contribution in [0.25, 0.3) is 0 Å². The normalized spacial score (nSPS) is 16.8. The monoisotopic (exact) mass is 366 g/mol. The van der Waals surface area contributed by atoms with Gasteiger partial charge in [-0.05, 0) is 25.7 Å². The number of carboxylic acid groups (broad SMARTS) is 1. The number of amides is 1. The highest BCUT2D eigenvalue weighted by atomic mass is 32.2. The number of hydrogen-bond acceptors (Lipinski definition) is 6. The zero-order valence-corrected chi connectivity index (χ0v) is 14.7. The second kappa shape index (κ2) is 9.09. The second-order valence-corrected chi connectivity index (χ2v) is 7.43. The van der Waals surface area contributed by atoms with Gasteiger partial charge in [-0.3, -0.25) is 18.9 Å². The van der Waals surface area contributed by atoms with Crippen molar-refractivity contribution >= 4 is 27.8 Å². The fraction of sp³-hybridized carbons (Fsp3) is 0.786. The standard InChI is InChI=1S/C14H26N2O7S/c1-3-9(12(15)18)7-10(13(19)20)5-6-11(17)14(16,4-2)8-24(21,22)23/h9-10H,3-8,16H2,1-2H3,(H2,15,18)(H,19,20)(H,21,22,23). The number of Topliss-reactive ketones (excluding diaryl/α,β-unsaturated/α-hetero) is 1. The van der Waals surface area contributed by atoms with Gasteiger partial charge in [0.25, 0.3) is 10.1 Å².